The maximum Gasteiger partial charge on any atom is 0.226 e. The summed E-state index contributed by atoms with van der Waals surface area (Å²) in [4.78, 5) is 18.5. The highest BCUT2D eigenvalue weighted by Crippen LogP contribution is 1.97. The molecule has 1 heterocycles. The van der Waals surface area contributed by atoms with Gasteiger partial charge < -0.3 is 27.5 Å². The number of carbonyl (C=O) groups is 1. The zero-order chi connectivity index (χ0) is 8.85. The second kappa shape index (κ2) is 5.80. The summed E-state index contributed by atoms with van der Waals surface area (Å²) in [6.07, 6.45) is 0. The molecule has 0 aromatic carbocycles. The van der Waals surface area contributed by atoms with Gasteiger partial charge in [-0.15, -0.1) is 0 Å². The van der Waals surface area contributed by atoms with Gasteiger partial charge in [-0.2, -0.15) is 15.0 Å². The molecule has 0 fully saturated rings. The van der Waals surface area contributed by atoms with Crippen molar-refractivity contribution < 1.29 is 10.3 Å². The average Bonchev–Trinajstić information content (AvgIpc) is 1.88. The van der Waals surface area contributed by atoms with Gasteiger partial charge in [0.1, 0.15) is 6.79 Å². The number of hydrogen-bond acceptors (Lipinski definition) is 7. The van der Waals surface area contributed by atoms with E-state index in [2.05, 4.69) is 15.0 Å². The van der Waals surface area contributed by atoms with Crippen LogP contribution in [0.5, 0.6) is 0 Å². The summed E-state index contributed by atoms with van der Waals surface area (Å²) < 4.78 is 0. The van der Waals surface area contributed by atoms with E-state index in [1.807, 2.05) is 6.79 Å². The van der Waals surface area contributed by atoms with E-state index in [0.29, 0.717) is 0 Å². The van der Waals surface area contributed by atoms with E-state index in [4.69, 9.17) is 22.0 Å². The molecule has 68 valence electrons. The number of nitrogen functional groups attached to an aromatic ring is 3. The predicted molar refractivity (Wildman–Crippen MR) is 43.8 cm³/mol. The van der Waals surface area contributed by atoms with E-state index in [1.165, 1.54) is 0 Å². The molecule has 1 rings (SSSR count). The molecule has 0 bridgehead atoms. The Hall–Kier alpha value is -1.96. The van der Waals surface area contributed by atoms with Crippen molar-refractivity contribution in [2.45, 2.75) is 0 Å². The zero-order valence-corrected chi connectivity index (χ0v) is 6.19. The van der Waals surface area contributed by atoms with E-state index in [0.717, 1.165) is 0 Å². The molecule has 0 saturated heterocycles. The third-order valence-corrected chi connectivity index (χ3v) is 0.687. The molecule has 0 spiro atoms. The van der Waals surface area contributed by atoms with E-state index < -0.39 is 0 Å². The topological polar surface area (TPSA) is 165 Å². The van der Waals surface area contributed by atoms with Crippen LogP contribution in [-0.2, 0) is 4.79 Å². The molecule has 8 nitrogen and oxygen atoms in total. The molecule has 0 radical (unpaired) electrons. The highest BCUT2D eigenvalue weighted by molar-refractivity contribution is 5.33. The molecule has 0 unspecified atom stereocenters. The number of hydrogen-bond donors (Lipinski definition) is 3. The van der Waals surface area contributed by atoms with Crippen molar-refractivity contribution in [3.8, 4) is 0 Å². The molecule has 8 heteroatoms. The van der Waals surface area contributed by atoms with Crippen LogP contribution in [0.1, 0.15) is 0 Å². The second-order valence-corrected chi connectivity index (χ2v) is 1.41. The Morgan fingerprint density at radius 2 is 1.00 bits per heavy atom. The van der Waals surface area contributed by atoms with E-state index >= 15 is 0 Å². The minimum absolute atomic E-state index is 0. The molecular formula is C4H10N6O2. The Labute approximate surface area is 68.1 Å². The monoisotopic (exact) mass is 174 g/mol. The Morgan fingerprint density at radius 1 is 0.833 bits per heavy atom. The number of nitrogens with two attached hydrogens (primary N) is 3. The molecule has 0 amide bonds. The van der Waals surface area contributed by atoms with Crippen LogP contribution in [0.2, 0.25) is 0 Å². The van der Waals surface area contributed by atoms with Gasteiger partial charge in [-0.3, -0.25) is 0 Å². The summed E-state index contributed by atoms with van der Waals surface area (Å²) in [5.41, 5.74) is 15.4. The zero-order valence-electron chi connectivity index (χ0n) is 6.19. The van der Waals surface area contributed by atoms with Crippen molar-refractivity contribution in [3.05, 3.63) is 0 Å². The smallest absolute Gasteiger partial charge is 0.226 e. The number of anilines is 3. The standard InChI is InChI=1S/C3H6N6.CH2O.H2O/c4-1-7-2(5)9-3(6)8-1;1-2;/h(H6,4,5,6,7,8,9);1H2;1H2. The maximum absolute atomic E-state index is 8.00. The van der Waals surface area contributed by atoms with Gasteiger partial charge in [-0.1, -0.05) is 0 Å². The fraction of sp³-hybridized carbons (Fsp3) is 0. The molecule has 0 atom stereocenters. The minimum Gasteiger partial charge on any atom is -0.412 e. The molecule has 0 aliphatic heterocycles. The third-order valence-electron chi connectivity index (χ3n) is 0.687. The summed E-state index contributed by atoms with van der Waals surface area (Å²) in [6.45, 7) is 2.00. The first kappa shape index (κ1) is 12.7. The highest BCUT2D eigenvalue weighted by atomic mass is 16.1. The third kappa shape index (κ3) is 3.95. The lowest BCUT2D eigenvalue weighted by Gasteiger charge is -1.93. The summed E-state index contributed by atoms with van der Waals surface area (Å²) in [5, 5.41) is 0. The number of aromatic nitrogens is 3. The van der Waals surface area contributed by atoms with Gasteiger partial charge in [0.2, 0.25) is 17.8 Å². The van der Waals surface area contributed by atoms with Crippen molar-refractivity contribution in [3.63, 3.8) is 0 Å². The second-order valence-electron chi connectivity index (χ2n) is 1.41. The minimum atomic E-state index is 0. The van der Waals surface area contributed by atoms with Crippen molar-refractivity contribution >= 4 is 24.6 Å². The molecular weight excluding hydrogens is 164 g/mol. The Morgan fingerprint density at radius 3 is 1.17 bits per heavy atom. The van der Waals surface area contributed by atoms with Crippen LogP contribution >= 0.6 is 0 Å². The van der Waals surface area contributed by atoms with E-state index in [9.17, 15) is 0 Å². The SMILES string of the molecule is C=O.Nc1nc(N)nc(N)n1.O. The van der Waals surface area contributed by atoms with Gasteiger partial charge in [-0.05, 0) is 0 Å². The van der Waals surface area contributed by atoms with Gasteiger partial charge in [0.05, 0.1) is 0 Å². The lowest BCUT2D eigenvalue weighted by atomic mass is 10.9. The van der Waals surface area contributed by atoms with Crippen molar-refractivity contribution in [1.82, 2.24) is 15.0 Å². The van der Waals surface area contributed by atoms with Gasteiger partial charge in [0.15, 0.2) is 0 Å². The fourth-order valence-corrected chi connectivity index (χ4v) is 0.427. The van der Waals surface area contributed by atoms with Gasteiger partial charge in [-0.25, -0.2) is 0 Å². The van der Waals surface area contributed by atoms with Gasteiger partial charge >= 0.3 is 0 Å². The molecule has 0 saturated carbocycles. The summed E-state index contributed by atoms with van der Waals surface area (Å²) in [6, 6.07) is 0. The average molecular weight is 174 g/mol. The molecule has 8 N–H and O–H groups in total. The van der Waals surface area contributed by atoms with Crippen molar-refractivity contribution in [2.75, 3.05) is 17.2 Å². The molecule has 1 aromatic rings. The Bertz CT molecular complexity index is 191. The van der Waals surface area contributed by atoms with E-state index in [1.54, 1.807) is 0 Å². The van der Waals surface area contributed by atoms with Crippen LogP contribution in [0.3, 0.4) is 0 Å². The van der Waals surface area contributed by atoms with Crippen LogP contribution in [0, 0.1) is 0 Å². The lowest BCUT2D eigenvalue weighted by Crippen LogP contribution is -2.05. The normalized spacial score (nSPS) is 7.33. The first-order valence-corrected chi connectivity index (χ1v) is 2.50. The molecule has 0 aliphatic carbocycles. The van der Waals surface area contributed by atoms with Gasteiger partial charge in [0.25, 0.3) is 0 Å². The Kier molecular flexibility index (Phi) is 6.13. The predicted octanol–water partition coefficient (Wildman–Crippen LogP) is -2.39. The van der Waals surface area contributed by atoms with Crippen LogP contribution in [-0.4, -0.2) is 27.2 Å². The van der Waals surface area contributed by atoms with Crippen molar-refractivity contribution in [2.24, 2.45) is 0 Å². The number of carbonyl (C=O) groups excluding carboxylic acids is 1. The first-order chi connectivity index (χ1) is 5.18. The fourth-order valence-electron chi connectivity index (χ4n) is 0.427. The highest BCUT2D eigenvalue weighted by Gasteiger charge is 1.93. The summed E-state index contributed by atoms with van der Waals surface area (Å²) >= 11 is 0. The number of rotatable bonds is 0. The van der Waals surface area contributed by atoms with Crippen LogP contribution in [0.4, 0.5) is 17.8 Å². The summed E-state index contributed by atoms with van der Waals surface area (Å²) in [5.74, 6) is 0.125. The van der Waals surface area contributed by atoms with Crippen LogP contribution in [0.25, 0.3) is 0 Å². The first-order valence-electron chi connectivity index (χ1n) is 2.50. The van der Waals surface area contributed by atoms with Crippen molar-refractivity contribution in [1.29, 1.82) is 0 Å². The molecule has 1 aromatic heterocycles. The largest absolute Gasteiger partial charge is 0.412 e. The molecule has 0 aliphatic rings. The Balaban J connectivity index is 0. The van der Waals surface area contributed by atoms with Crippen LogP contribution < -0.4 is 17.2 Å². The maximum atomic E-state index is 8.00. The molecule has 12 heavy (non-hydrogen) atoms. The van der Waals surface area contributed by atoms with E-state index in [-0.39, 0.29) is 23.3 Å². The lowest BCUT2D eigenvalue weighted by molar-refractivity contribution is -0.0979. The van der Waals surface area contributed by atoms with Gasteiger partial charge in [0, 0.05) is 0 Å². The quantitative estimate of drug-likeness (QED) is 0.394. The van der Waals surface area contributed by atoms with Crippen LogP contribution in [0.15, 0.2) is 0 Å². The number of nitrogens with zero attached hydrogens (tertiary/aromatic N) is 3. The summed E-state index contributed by atoms with van der Waals surface area (Å²) in [7, 11) is 0.